The lowest BCUT2D eigenvalue weighted by atomic mass is 10.0. The number of aromatic nitrogens is 1. The SMILES string of the molecule is CCOC(=O)[C@H](OC(=O)c1cc(-c2ccc(Br)cc2)nc2ccc(Br)cc12)c1ccccc1. The molecule has 0 bridgehead atoms. The van der Waals surface area contributed by atoms with Gasteiger partial charge in [0.05, 0.1) is 23.4 Å². The summed E-state index contributed by atoms with van der Waals surface area (Å²) in [5.74, 6) is -1.26. The van der Waals surface area contributed by atoms with E-state index in [-0.39, 0.29) is 6.61 Å². The number of hydrogen-bond acceptors (Lipinski definition) is 5. The summed E-state index contributed by atoms with van der Waals surface area (Å²) in [5.41, 5.74) is 2.96. The molecule has 0 aliphatic carbocycles. The molecule has 4 aromatic rings. The molecule has 0 amide bonds. The second kappa shape index (κ2) is 10.3. The summed E-state index contributed by atoms with van der Waals surface area (Å²) < 4.78 is 12.6. The summed E-state index contributed by atoms with van der Waals surface area (Å²) in [4.78, 5) is 30.8. The Hall–Kier alpha value is -3.03. The molecule has 5 nitrogen and oxygen atoms in total. The molecule has 1 atom stereocenters. The number of ether oxygens (including phenoxy) is 2. The Labute approximate surface area is 208 Å². The number of fused-ring (bicyclic) bond motifs is 1. The van der Waals surface area contributed by atoms with E-state index in [4.69, 9.17) is 14.5 Å². The molecule has 0 saturated heterocycles. The Bertz CT molecular complexity index is 1310. The van der Waals surface area contributed by atoms with E-state index in [0.717, 1.165) is 14.5 Å². The maximum atomic E-state index is 13.4. The molecule has 0 unspecified atom stereocenters. The van der Waals surface area contributed by atoms with Gasteiger partial charge in [-0.25, -0.2) is 14.6 Å². The second-order valence-electron chi connectivity index (χ2n) is 7.17. The Morgan fingerprint density at radius 2 is 1.61 bits per heavy atom. The van der Waals surface area contributed by atoms with Crippen molar-refractivity contribution in [2.45, 2.75) is 13.0 Å². The molecule has 0 saturated carbocycles. The number of esters is 2. The van der Waals surface area contributed by atoms with Gasteiger partial charge in [0.2, 0.25) is 6.10 Å². The lowest BCUT2D eigenvalue weighted by Crippen LogP contribution is -2.22. The Morgan fingerprint density at radius 1 is 0.909 bits per heavy atom. The summed E-state index contributed by atoms with van der Waals surface area (Å²) >= 11 is 6.89. The van der Waals surface area contributed by atoms with Crippen LogP contribution >= 0.6 is 31.9 Å². The highest BCUT2D eigenvalue weighted by Gasteiger charge is 2.28. The van der Waals surface area contributed by atoms with Crippen LogP contribution in [-0.2, 0) is 14.3 Å². The zero-order chi connectivity index (χ0) is 23.4. The maximum Gasteiger partial charge on any atom is 0.352 e. The van der Waals surface area contributed by atoms with E-state index in [0.29, 0.717) is 27.7 Å². The third-order valence-corrected chi connectivity index (χ3v) is 5.98. The third-order valence-electron chi connectivity index (χ3n) is 4.96. The number of rotatable bonds is 6. The molecule has 166 valence electrons. The summed E-state index contributed by atoms with van der Waals surface area (Å²) in [5, 5.41) is 0.617. The Kier molecular flexibility index (Phi) is 7.20. The van der Waals surface area contributed by atoms with E-state index in [1.165, 1.54) is 0 Å². The molecule has 1 heterocycles. The average molecular weight is 569 g/mol. The molecule has 0 aliphatic rings. The molecule has 0 aliphatic heterocycles. The standard InChI is InChI=1S/C26H19Br2NO4/c1-2-32-26(31)24(17-6-4-3-5-7-17)33-25(30)21-15-23(16-8-10-18(27)11-9-16)29-22-13-12-19(28)14-20(21)22/h3-15,24H,2H2,1H3/t24-/m1/s1. The van der Waals surface area contributed by atoms with Crippen LogP contribution in [0.25, 0.3) is 22.2 Å². The number of pyridine rings is 1. The van der Waals surface area contributed by atoms with Crippen LogP contribution in [0.4, 0.5) is 0 Å². The maximum absolute atomic E-state index is 13.4. The van der Waals surface area contributed by atoms with Crippen LogP contribution in [0.2, 0.25) is 0 Å². The van der Waals surface area contributed by atoms with Gasteiger partial charge in [0.25, 0.3) is 0 Å². The average Bonchev–Trinajstić information content (AvgIpc) is 2.83. The van der Waals surface area contributed by atoms with Crippen molar-refractivity contribution >= 4 is 54.7 Å². The van der Waals surface area contributed by atoms with Gasteiger partial charge in [0.1, 0.15) is 0 Å². The topological polar surface area (TPSA) is 65.5 Å². The van der Waals surface area contributed by atoms with Crippen LogP contribution in [0.15, 0.2) is 87.8 Å². The number of nitrogens with zero attached hydrogens (tertiary/aromatic N) is 1. The molecule has 0 fully saturated rings. The third kappa shape index (κ3) is 5.31. The van der Waals surface area contributed by atoms with Crippen molar-refractivity contribution in [3.8, 4) is 11.3 Å². The highest BCUT2D eigenvalue weighted by Crippen LogP contribution is 2.30. The first-order valence-corrected chi connectivity index (χ1v) is 11.8. The van der Waals surface area contributed by atoms with Gasteiger partial charge in [0.15, 0.2) is 0 Å². The van der Waals surface area contributed by atoms with Crippen molar-refractivity contribution in [3.63, 3.8) is 0 Å². The molecule has 4 rings (SSSR count). The van der Waals surface area contributed by atoms with Gasteiger partial charge in [-0.05, 0) is 43.3 Å². The van der Waals surface area contributed by atoms with E-state index in [1.807, 2.05) is 48.5 Å². The first kappa shape index (κ1) is 23.1. The highest BCUT2D eigenvalue weighted by molar-refractivity contribution is 9.10. The summed E-state index contributed by atoms with van der Waals surface area (Å²) in [6, 6.07) is 23.7. The fraction of sp³-hybridized carbons (Fsp3) is 0.115. The minimum atomic E-state index is -1.18. The van der Waals surface area contributed by atoms with Crippen molar-refractivity contribution < 1.29 is 19.1 Å². The molecular formula is C26H19Br2NO4. The molecule has 0 N–H and O–H groups in total. The fourth-order valence-corrected chi connectivity index (χ4v) is 4.03. The minimum absolute atomic E-state index is 0.179. The van der Waals surface area contributed by atoms with Crippen molar-refractivity contribution in [1.29, 1.82) is 0 Å². The molecule has 0 radical (unpaired) electrons. The van der Waals surface area contributed by atoms with E-state index >= 15 is 0 Å². The smallest absolute Gasteiger partial charge is 0.352 e. The normalized spacial score (nSPS) is 11.7. The zero-order valence-corrected chi connectivity index (χ0v) is 20.8. The van der Waals surface area contributed by atoms with Gasteiger partial charge >= 0.3 is 11.9 Å². The number of hydrogen-bond donors (Lipinski definition) is 0. The largest absolute Gasteiger partial charge is 0.463 e. The van der Waals surface area contributed by atoms with E-state index in [1.54, 1.807) is 37.3 Å². The van der Waals surface area contributed by atoms with Crippen LogP contribution in [0.5, 0.6) is 0 Å². The molecular weight excluding hydrogens is 550 g/mol. The van der Waals surface area contributed by atoms with Gasteiger partial charge in [-0.1, -0.05) is 74.3 Å². The van der Waals surface area contributed by atoms with Crippen molar-refractivity contribution in [1.82, 2.24) is 4.98 Å². The van der Waals surface area contributed by atoms with E-state index in [2.05, 4.69) is 31.9 Å². The quantitative estimate of drug-likeness (QED) is 0.237. The minimum Gasteiger partial charge on any atom is -0.463 e. The predicted molar refractivity (Wildman–Crippen MR) is 134 cm³/mol. The van der Waals surface area contributed by atoms with Gasteiger partial charge < -0.3 is 9.47 Å². The number of carbonyl (C=O) groups is 2. The summed E-state index contributed by atoms with van der Waals surface area (Å²) in [6.45, 7) is 1.89. The van der Waals surface area contributed by atoms with Crippen LogP contribution in [-0.4, -0.2) is 23.5 Å². The lowest BCUT2D eigenvalue weighted by Gasteiger charge is -2.18. The zero-order valence-electron chi connectivity index (χ0n) is 17.6. The Morgan fingerprint density at radius 3 is 2.30 bits per heavy atom. The molecule has 7 heteroatoms. The number of halogens is 2. The fourth-order valence-electron chi connectivity index (χ4n) is 3.40. The molecule has 3 aromatic carbocycles. The Balaban J connectivity index is 1.79. The van der Waals surface area contributed by atoms with Crippen molar-refractivity contribution in [3.05, 3.63) is 98.9 Å². The van der Waals surface area contributed by atoms with Crippen molar-refractivity contribution in [2.75, 3.05) is 6.61 Å². The van der Waals surface area contributed by atoms with Crippen LogP contribution in [0.3, 0.4) is 0 Å². The predicted octanol–water partition coefficient (Wildman–Crippen LogP) is 6.89. The first-order valence-electron chi connectivity index (χ1n) is 10.2. The number of carbonyl (C=O) groups excluding carboxylic acids is 2. The van der Waals surface area contributed by atoms with E-state index in [9.17, 15) is 9.59 Å². The summed E-state index contributed by atoms with van der Waals surface area (Å²) in [6.07, 6.45) is -1.18. The highest BCUT2D eigenvalue weighted by atomic mass is 79.9. The van der Waals surface area contributed by atoms with Crippen LogP contribution in [0.1, 0.15) is 28.9 Å². The molecule has 33 heavy (non-hydrogen) atoms. The van der Waals surface area contributed by atoms with Gasteiger partial charge in [-0.3, -0.25) is 0 Å². The monoisotopic (exact) mass is 567 g/mol. The lowest BCUT2D eigenvalue weighted by molar-refractivity contribution is -0.153. The number of benzene rings is 3. The molecule has 0 spiro atoms. The van der Waals surface area contributed by atoms with Gasteiger partial charge in [-0.2, -0.15) is 0 Å². The second-order valence-corrected chi connectivity index (χ2v) is 9.00. The van der Waals surface area contributed by atoms with Gasteiger partial charge in [-0.15, -0.1) is 0 Å². The first-order chi connectivity index (χ1) is 16.0. The van der Waals surface area contributed by atoms with E-state index < -0.39 is 18.0 Å². The summed E-state index contributed by atoms with van der Waals surface area (Å²) in [7, 11) is 0. The van der Waals surface area contributed by atoms with Gasteiger partial charge in [0, 0.05) is 25.5 Å². The van der Waals surface area contributed by atoms with Crippen molar-refractivity contribution in [2.24, 2.45) is 0 Å². The van der Waals surface area contributed by atoms with Crippen LogP contribution in [0, 0.1) is 0 Å². The molecule has 1 aromatic heterocycles. The van der Waals surface area contributed by atoms with Crippen LogP contribution < -0.4 is 0 Å².